The van der Waals surface area contributed by atoms with Gasteiger partial charge in [0.05, 0.1) is 36.9 Å². The Labute approximate surface area is 348 Å². The molecule has 0 aromatic carbocycles. The minimum absolute atomic E-state index is 0.0627. The van der Waals surface area contributed by atoms with Gasteiger partial charge in [0.2, 0.25) is 0 Å². The fourth-order valence-corrected chi connectivity index (χ4v) is 8.30. The molecule has 0 aromatic rings. The summed E-state index contributed by atoms with van der Waals surface area (Å²) in [7, 11) is 4.78. The zero-order valence-electron chi connectivity index (χ0n) is 36.5. The van der Waals surface area contributed by atoms with E-state index in [0.717, 1.165) is 6.92 Å². The van der Waals surface area contributed by atoms with Crippen LogP contribution in [0.1, 0.15) is 100 Å². The zero-order valence-corrected chi connectivity index (χ0v) is 36.5. The Bertz CT molecular complexity index is 1420. The molecule has 3 heterocycles. The van der Waals surface area contributed by atoms with Crippen LogP contribution in [-0.2, 0) is 61.9 Å². The molecule has 17 heteroatoms. The number of rotatable bonds is 12. The highest BCUT2D eigenvalue weighted by Crippen LogP contribution is 2.37. The number of ether oxygens (including phenoxy) is 8. The highest BCUT2D eigenvalue weighted by Gasteiger charge is 2.53. The van der Waals surface area contributed by atoms with Gasteiger partial charge in [-0.25, -0.2) is 0 Å². The number of esters is 3. The molecule has 3 aliphatic rings. The van der Waals surface area contributed by atoms with E-state index >= 15 is 0 Å². The average Bonchev–Trinajstić information content (AvgIpc) is 3.10. The van der Waals surface area contributed by atoms with Gasteiger partial charge in [-0.15, -0.1) is 0 Å². The van der Waals surface area contributed by atoms with Gasteiger partial charge in [0.15, 0.2) is 24.5 Å². The molecule has 59 heavy (non-hydrogen) atoms. The van der Waals surface area contributed by atoms with Gasteiger partial charge in [-0.2, -0.15) is 0 Å². The van der Waals surface area contributed by atoms with Crippen LogP contribution in [0.4, 0.5) is 0 Å². The molecule has 0 aliphatic carbocycles. The van der Waals surface area contributed by atoms with Crippen molar-refractivity contribution in [2.75, 3.05) is 21.2 Å². The molecule has 3 aliphatic heterocycles. The molecule has 17 nitrogen and oxygen atoms in total. The molecule has 16 atom stereocenters. The number of methoxy groups -OCH3 is 1. The molecule has 3 rings (SSSR count). The Morgan fingerprint density at radius 1 is 1.00 bits per heavy atom. The Hall–Kier alpha value is -2.87. The van der Waals surface area contributed by atoms with Gasteiger partial charge in [-0.3, -0.25) is 19.2 Å². The molecule has 0 bridgehead atoms. The van der Waals surface area contributed by atoms with Crippen molar-refractivity contribution in [3.05, 3.63) is 12.2 Å². The van der Waals surface area contributed by atoms with E-state index in [2.05, 4.69) is 0 Å². The van der Waals surface area contributed by atoms with Crippen LogP contribution >= 0.6 is 0 Å². The molecular weight excluding hydrogens is 774 g/mol. The summed E-state index contributed by atoms with van der Waals surface area (Å²) in [6.07, 6.45) is -9.20. The number of likely N-dealkylation sites (N-methyl/N-ethyl adjacent to an activating group) is 1. The second-order valence-corrected chi connectivity index (χ2v) is 17.3. The average molecular weight is 844 g/mol. The molecule has 0 spiro atoms. The van der Waals surface area contributed by atoms with Crippen molar-refractivity contribution in [3.8, 4) is 0 Å². The lowest BCUT2D eigenvalue weighted by Crippen LogP contribution is -2.66. The summed E-state index contributed by atoms with van der Waals surface area (Å²) < 4.78 is 48.3. The molecule has 338 valence electrons. The quantitative estimate of drug-likeness (QED) is 0.146. The number of cyclic esters (lactones) is 1. The summed E-state index contributed by atoms with van der Waals surface area (Å²) >= 11 is 0. The standard InChI is InChI=1S/C42H69NO16/c1-22(2)17-32(48)57-40-26(6)54-34(21-42(40,8)51)58-37-25(5)55-41(36(50)35(37)43(9)10)59-38-28(15-16-44)18-23(3)30(47)14-12-13-29(46)19-24(4)53-33(49)20-31(39(38)52-11)56-27(7)45/h12,14,16,22-26,28-29,31,34-41,46,50-51H,13,15,17-21H2,1-11H3/b14-12-/t23-,24+,25+,26-,28+,29+,31+,34+,35+,36+,37+,38-,39-,40-,41+,42-/m1/s1. The summed E-state index contributed by atoms with van der Waals surface area (Å²) in [5.74, 6) is -3.59. The molecule has 0 radical (unpaired) electrons. The molecule has 0 saturated carbocycles. The van der Waals surface area contributed by atoms with Gasteiger partial charge < -0.3 is 62.9 Å². The number of allylic oxidation sites excluding steroid dienone is 1. The first-order valence-electron chi connectivity index (χ1n) is 20.7. The van der Waals surface area contributed by atoms with Gasteiger partial charge in [-0.05, 0) is 72.5 Å². The van der Waals surface area contributed by atoms with Crippen LogP contribution in [0.25, 0.3) is 0 Å². The topological polar surface area (TPSA) is 223 Å². The van der Waals surface area contributed by atoms with E-state index in [4.69, 9.17) is 37.9 Å². The van der Waals surface area contributed by atoms with E-state index in [-0.39, 0.29) is 50.2 Å². The van der Waals surface area contributed by atoms with Crippen LogP contribution in [0.5, 0.6) is 0 Å². The van der Waals surface area contributed by atoms with Gasteiger partial charge in [0.25, 0.3) is 0 Å². The lowest BCUT2D eigenvalue weighted by atomic mass is 9.83. The first-order valence-corrected chi connectivity index (χ1v) is 20.7. The van der Waals surface area contributed by atoms with Crippen LogP contribution in [0.3, 0.4) is 0 Å². The highest BCUT2D eigenvalue weighted by atomic mass is 16.7. The van der Waals surface area contributed by atoms with Gasteiger partial charge in [-0.1, -0.05) is 26.8 Å². The van der Waals surface area contributed by atoms with Crippen molar-refractivity contribution in [1.29, 1.82) is 0 Å². The minimum atomic E-state index is -1.52. The second-order valence-electron chi connectivity index (χ2n) is 17.3. The number of carbonyl (C=O) groups excluding carboxylic acids is 5. The van der Waals surface area contributed by atoms with Crippen LogP contribution in [-0.4, -0.2) is 157 Å². The fraction of sp³-hybridized carbons (Fsp3) is 0.833. The third kappa shape index (κ3) is 14.6. The molecule has 0 amide bonds. The molecule has 0 unspecified atom stereocenters. The van der Waals surface area contributed by atoms with E-state index in [9.17, 15) is 39.3 Å². The van der Waals surface area contributed by atoms with Crippen LogP contribution in [0.15, 0.2) is 12.2 Å². The predicted octanol–water partition coefficient (Wildman–Crippen LogP) is 2.42. The first-order chi connectivity index (χ1) is 27.6. The molecule has 2 saturated heterocycles. The maximum absolute atomic E-state index is 13.3. The summed E-state index contributed by atoms with van der Waals surface area (Å²) in [6.45, 7) is 13.2. The Morgan fingerprint density at radius 3 is 2.25 bits per heavy atom. The number of nitrogens with zero attached hydrogens (tertiary/aromatic N) is 1. The van der Waals surface area contributed by atoms with Crippen molar-refractivity contribution in [3.63, 3.8) is 0 Å². The summed E-state index contributed by atoms with van der Waals surface area (Å²) in [4.78, 5) is 65.6. The van der Waals surface area contributed by atoms with Gasteiger partial charge in [0.1, 0.15) is 42.4 Å². The van der Waals surface area contributed by atoms with Crippen LogP contribution in [0.2, 0.25) is 0 Å². The maximum Gasteiger partial charge on any atom is 0.309 e. The summed E-state index contributed by atoms with van der Waals surface area (Å²) in [5.41, 5.74) is -1.52. The van der Waals surface area contributed by atoms with E-state index in [1.165, 1.54) is 13.2 Å². The third-order valence-electron chi connectivity index (χ3n) is 11.1. The number of aliphatic hydroxyl groups excluding tert-OH is 2. The lowest BCUT2D eigenvalue weighted by molar-refractivity contribution is -0.344. The Kier molecular flexibility index (Phi) is 19.5. The molecular formula is C42H69NO16. The number of ketones is 1. The van der Waals surface area contributed by atoms with Gasteiger partial charge >= 0.3 is 17.9 Å². The summed E-state index contributed by atoms with van der Waals surface area (Å²) in [6, 6.07) is -0.812. The maximum atomic E-state index is 13.3. The number of aliphatic hydroxyl groups is 3. The number of hydrogen-bond donors (Lipinski definition) is 3. The third-order valence-corrected chi connectivity index (χ3v) is 11.1. The first kappa shape index (κ1) is 50.5. The SMILES string of the molecule is CO[C@H]1[C@H](O[C@@H]2O[C@@H](C)[C@H](O[C@H]3C[C@@](C)(O)[C@H](OC(=O)CC(C)C)[C@@H](C)O3)[C@@H](N(C)C)[C@@H]2O)[C@@H](CC=O)C[C@@H](C)C(=O)/C=C\C[C@H](O)C[C@H](C)OC(=O)C[C@@H]1OC(C)=O. The minimum Gasteiger partial charge on any atom is -0.462 e. The second kappa shape index (κ2) is 22.8. The zero-order chi connectivity index (χ0) is 44.4. The van der Waals surface area contributed by atoms with Gasteiger partial charge in [0, 0.05) is 45.6 Å². The van der Waals surface area contributed by atoms with Crippen molar-refractivity contribution in [2.24, 2.45) is 17.8 Å². The fourth-order valence-electron chi connectivity index (χ4n) is 8.30. The van der Waals surface area contributed by atoms with E-state index in [0.29, 0.717) is 6.29 Å². The molecule has 0 aromatic heterocycles. The van der Waals surface area contributed by atoms with Crippen molar-refractivity contribution >= 4 is 30.0 Å². The Balaban J connectivity index is 1.98. The predicted molar refractivity (Wildman–Crippen MR) is 210 cm³/mol. The molecule has 2 fully saturated rings. The number of aldehydes is 1. The lowest BCUT2D eigenvalue weighted by Gasteiger charge is -2.50. The van der Waals surface area contributed by atoms with E-state index in [1.54, 1.807) is 59.7 Å². The molecule has 3 N–H and O–H groups in total. The van der Waals surface area contributed by atoms with E-state index < -0.39 is 121 Å². The normalized spacial score (nSPS) is 40.0. The monoisotopic (exact) mass is 843 g/mol. The Morgan fingerprint density at radius 2 is 1.68 bits per heavy atom. The summed E-state index contributed by atoms with van der Waals surface area (Å²) in [5, 5.41) is 34.0. The highest BCUT2D eigenvalue weighted by molar-refractivity contribution is 5.91. The smallest absolute Gasteiger partial charge is 0.309 e. The largest absolute Gasteiger partial charge is 0.462 e. The van der Waals surface area contributed by atoms with Crippen LogP contribution < -0.4 is 0 Å². The van der Waals surface area contributed by atoms with E-state index in [1.807, 2.05) is 13.8 Å². The van der Waals surface area contributed by atoms with Crippen molar-refractivity contribution in [1.82, 2.24) is 4.90 Å². The number of carbonyl (C=O) groups is 5. The van der Waals surface area contributed by atoms with Crippen molar-refractivity contribution < 1.29 is 77.2 Å². The van der Waals surface area contributed by atoms with Crippen molar-refractivity contribution in [2.45, 2.75) is 186 Å². The van der Waals surface area contributed by atoms with Crippen LogP contribution in [0, 0.1) is 17.8 Å². The number of hydrogen-bond acceptors (Lipinski definition) is 17.